The molecular formula is C30H28N2O6. The molecule has 4 aromatic rings. The lowest BCUT2D eigenvalue weighted by atomic mass is 9.95. The molecule has 1 fully saturated rings. The highest BCUT2D eigenvalue weighted by molar-refractivity contribution is 6.46. The highest BCUT2D eigenvalue weighted by Gasteiger charge is 2.45. The number of methoxy groups -OCH3 is 3. The average Bonchev–Trinajstić information content (AvgIpc) is 3.48. The number of amides is 1. The van der Waals surface area contributed by atoms with Gasteiger partial charge in [-0.2, -0.15) is 0 Å². The fraction of sp³-hybridized carbons (Fsp3) is 0.200. The summed E-state index contributed by atoms with van der Waals surface area (Å²) >= 11 is 0. The van der Waals surface area contributed by atoms with Gasteiger partial charge >= 0.3 is 0 Å². The van der Waals surface area contributed by atoms with Crippen LogP contribution in [0.5, 0.6) is 17.2 Å². The van der Waals surface area contributed by atoms with Gasteiger partial charge in [0.15, 0.2) is 0 Å². The SMILES string of the molecule is COc1ccc(C(O)=C2C(=O)C(=O)N(CCc3c[nH]c4ccc(OC)cc34)[C@@H]2c2ccc(OC)cc2)cc1. The van der Waals surface area contributed by atoms with E-state index in [1.54, 1.807) is 69.9 Å². The van der Waals surface area contributed by atoms with Crippen LogP contribution in [0.1, 0.15) is 22.7 Å². The quantitative estimate of drug-likeness (QED) is 0.199. The molecule has 0 aliphatic carbocycles. The number of carbonyl (C=O) groups excluding carboxylic acids is 2. The number of nitrogens with zero attached hydrogens (tertiary/aromatic N) is 1. The van der Waals surface area contributed by atoms with Gasteiger partial charge in [-0.15, -0.1) is 0 Å². The Morgan fingerprint density at radius 1 is 0.868 bits per heavy atom. The third-order valence-electron chi connectivity index (χ3n) is 6.93. The van der Waals surface area contributed by atoms with E-state index in [1.165, 1.54) is 4.90 Å². The molecule has 0 saturated carbocycles. The van der Waals surface area contributed by atoms with Crippen molar-refractivity contribution in [3.63, 3.8) is 0 Å². The number of nitrogens with one attached hydrogen (secondary N) is 1. The Hall–Kier alpha value is -4.72. The second kappa shape index (κ2) is 10.3. The zero-order chi connectivity index (χ0) is 26.8. The number of aliphatic hydroxyl groups is 1. The van der Waals surface area contributed by atoms with Crippen LogP contribution in [0.3, 0.4) is 0 Å². The molecule has 1 atom stereocenters. The molecule has 1 aliphatic heterocycles. The molecule has 1 aromatic heterocycles. The Balaban J connectivity index is 1.54. The van der Waals surface area contributed by atoms with E-state index < -0.39 is 17.7 Å². The topological polar surface area (TPSA) is 101 Å². The lowest BCUT2D eigenvalue weighted by Gasteiger charge is -2.25. The Morgan fingerprint density at radius 2 is 1.47 bits per heavy atom. The number of ether oxygens (including phenoxy) is 3. The number of hydrogen-bond donors (Lipinski definition) is 2. The number of aromatic nitrogens is 1. The summed E-state index contributed by atoms with van der Waals surface area (Å²) in [6, 6.07) is 18.9. The standard InChI is InChI=1S/C30H28N2O6/c1-36-21-8-4-18(5-9-21)27-26(28(33)19-6-10-22(37-2)11-7-19)29(34)30(35)32(27)15-14-20-17-31-25-13-12-23(38-3)16-24(20)25/h4-13,16-17,27,31,33H,14-15H2,1-3H3/t27-/m1/s1. The summed E-state index contributed by atoms with van der Waals surface area (Å²) in [6.07, 6.45) is 2.40. The zero-order valence-corrected chi connectivity index (χ0v) is 21.4. The van der Waals surface area contributed by atoms with Crippen molar-refractivity contribution in [2.75, 3.05) is 27.9 Å². The van der Waals surface area contributed by atoms with E-state index in [0.717, 1.165) is 22.2 Å². The van der Waals surface area contributed by atoms with Gasteiger partial charge in [-0.1, -0.05) is 12.1 Å². The normalized spacial score (nSPS) is 16.7. The van der Waals surface area contributed by atoms with Crippen molar-refractivity contribution >= 4 is 28.4 Å². The number of hydrogen-bond acceptors (Lipinski definition) is 6. The molecule has 5 rings (SSSR count). The minimum absolute atomic E-state index is 0.0472. The summed E-state index contributed by atoms with van der Waals surface area (Å²) in [5.41, 5.74) is 3.11. The molecule has 8 nitrogen and oxygen atoms in total. The molecule has 1 amide bonds. The van der Waals surface area contributed by atoms with Crippen molar-refractivity contribution in [2.24, 2.45) is 0 Å². The number of likely N-dealkylation sites (tertiary alicyclic amines) is 1. The maximum absolute atomic E-state index is 13.3. The van der Waals surface area contributed by atoms with Gasteiger partial charge in [0.25, 0.3) is 11.7 Å². The Labute approximate surface area is 220 Å². The van der Waals surface area contributed by atoms with Crippen LogP contribution in [0.4, 0.5) is 0 Å². The molecule has 1 saturated heterocycles. The summed E-state index contributed by atoms with van der Waals surface area (Å²) < 4.78 is 15.9. The van der Waals surface area contributed by atoms with Crippen LogP contribution in [0, 0.1) is 0 Å². The van der Waals surface area contributed by atoms with Crippen molar-refractivity contribution in [1.82, 2.24) is 9.88 Å². The molecule has 194 valence electrons. The highest BCUT2D eigenvalue weighted by atomic mass is 16.5. The smallest absolute Gasteiger partial charge is 0.295 e. The molecule has 2 N–H and O–H groups in total. The van der Waals surface area contributed by atoms with E-state index in [2.05, 4.69) is 4.98 Å². The van der Waals surface area contributed by atoms with Gasteiger partial charge in [0, 0.05) is 29.2 Å². The Bertz CT molecular complexity index is 1520. The molecule has 8 heteroatoms. The first-order valence-corrected chi connectivity index (χ1v) is 12.2. The maximum atomic E-state index is 13.3. The third kappa shape index (κ3) is 4.45. The number of H-pyrrole nitrogens is 1. The third-order valence-corrected chi connectivity index (χ3v) is 6.93. The maximum Gasteiger partial charge on any atom is 0.295 e. The molecule has 0 radical (unpaired) electrons. The van der Waals surface area contributed by atoms with Crippen LogP contribution in [-0.2, 0) is 16.0 Å². The molecule has 38 heavy (non-hydrogen) atoms. The lowest BCUT2D eigenvalue weighted by molar-refractivity contribution is -0.139. The molecule has 0 spiro atoms. The van der Waals surface area contributed by atoms with Crippen LogP contribution in [-0.4, -0.2) is 54.6 Å². The van der Waals surface area contributed by atoms with Crippen LogP contribution in [0.2, 0.25) is 0 Å². The molecule has 2 heterocycles. The number of aromatic amines is 1. The van der Waals surface area contributed by atoms with Gasteiger partial charge in [-0.25, -0.2) is 0 Å². The van der Waals surface area contributed by atoms with Crippen LogP contribution < -0.4 is 14.2 Å². The van der Waals surface area contributed by atoms with Gasteiger partial charge < -0.3 is 29.2 Å². The molecule has 0 bridgehead atoms. The van der Waals surface area contributed by atoms with Crippen LogP contribution in [0.25, 0.3) is 16.7 Å². The van der Waals surface area contributed by atoms with Gasteiger partial charge in [0.05, 0.1) is 32.9 Å². The average molecular weight is 513 g/mol. The van der Waals surface area contributed by atoms with E-state index >= 15 is 0 Å². The number of ketones is 1. The summed E-state index contributed by atoms with van der Waals surface area (Å²) in [5, 5.41) is 12.3. The number of benzene rings is 3. The first kappa shape index (κ1) is 25.0. The Kier molecular flexibility index (Phi) is 6.79. The number of aliphatic hydroxyl groups excluding tert-OH is 1. The van der Waals surface area contributed by atoms with Crippen molar-refractivity contribution < 1.29 is 28.9 Å². The van der Waals surface area contributed by atoms with Gasteiger partial charge in [-0.3, -0.25) is 9.59 Å². The first-order valence-electron chi connectivity index (χ1n) is 12.2. The first-order chi connectivity index (χ1) is 18.4. The fourth-order valence-corrected chi connectivity index (χ4v) is 4.88. The minimum Gasteiger partial charge on any atom is -0.507 e. The predicted octanol–water partition coefficient (Wildman–Crippen LogP) is 4.86. The molecular weight excluding hydrogens is 484 g/mol. The molecule has 3 aromatic carbocycles. The fourth-order valence-electron chi connectivity index (χ4n) is 4.88. The van der Waals surface area contributed by atoms with Crippen LogP contribution in [0.15, 0.2) is 78.5 Å². The van der Waals surface area contributed by atoms with Gasteiger partial charge in [0.2, 0.25) is 0 Å². The minimum atomic E-state index is -0.761. The lowest BCUT2D eigenvalue weighted by Crippen LogP contribution is -2.31. The number of Topliss-reactive ketones (excluding diaryl/α,β-unsaturated/α-hetero) is 1. The molecule has 0 unspecified atom stereocenters. The van der Waals surface area contributed by atoms with E-state index in [9.17, 15) is 14.7 Å². The van der Waals surface area contributed by atoms with Gasteiger partial charge in [-0.05, 0) is 72.1 Å². The summed E-state index contributed by atoms with van der Waals surface area (Å²) in [5.74, 6) is 0.387. The van der Waals surface area contributed by atoms with E-state index in [-0.39, 0.29) is 17.9 Å². The number of fused-ring (bicyclic) bond motifs is 1. The Morgan fingerprint density at radius 3 is 2.11 bits per heavy atom. The second-order valence-corrected chi connectivity index (χ2v) is 8.97. The summed E-state index contributed by atoms with van der Waals surface area (Å²) in [6.45, 7) is 0.269. The largest absolute Gasteiger partial charge is 0.507 e. The summed E-state index contributed by atoms with van der Waals surface area (Å²) in [4.78, 5) is 31.5. The van der Waals surface area contributed by atoms with Gasteiger partial charge in [0.1, 0.15) is 23.0 Å². The zero-order valence-electron chi connectivity index (χ0n) is 21.4. The van der Waals surface area contributed by atoms with Crippen LogP contribution >= 0.6 is 0 Å². The monoisotopic (exact) mass is 512 g/mol. The predicted molar refractivity (Wildman–Crippen MR) is 144 cm³/mol. The van der Waals surface area contributed by atoms with Crippen molar-refractivity contribution in [3.05, 3.63) is 95.2 Å². The summed E-state index contributed by atoms with van der Waals surface area (Å²) in [7, 11) is 4.74. The van der Waals surface area contributed by atoms with E-state index in [1.807, 2.05) is 24.4 Å². The van der Waals surface area contributed by atoms with Crippen molar-refractivity contribution in [1.29, 1.82) is 0 Å². The van der Waals surface area contributed by atoms with Crippen molar-refractivity contribution in [3.8, 4) is 17.2 Å². The second-order valence-electron chi connectivity index (χ2n) is 8.97. The number of rotatable bonds is 8. The van der Waals surface area contributed by atoms with E-state index in [0.29, 0.717) is 29.0 Å². The van der Waals surface area contributed by atoms with Crippen molar-refractivity contribution in [2.45, 2.75) is 12.5 Å². The highest BCUT2D eigenvalue weighted by Crippen LogP contribution is 2.40. The molecule has 1 aliphatic rings. The number of carbonyl (C=O) groups is 2. The van der Waals surface area contributed by atoms with E-state index in [4.69, 9.17) is 14.2 Å².